The molecule has 31 heavy (non-hydrogen) atoms. The minimum Gasteiger partial charge on any atom is -0.496 e. The van der Waals surface area contributed by atoms with E-state index in [1.165, 1.54) is 0 Å². The van der Waals surface area contributed by atoms with E-state index >= 15 is 0 Å². The molecule has 1 aliphatic rings. The van der Waals surface area contributed by atoms with E-state index in [1.807, 2.05) is 20.8 Å². The smallest absolute Gasteiger partial charge is 0.411 e. The maximum Gasteiger partial charge on any atom is 0.411 e. The second-order valence-electron chi connectivity index (χ2n) is 8.16. The normalized spacial score (nSPS) is 15.6. The summed E-state index contributed by atoms with van der Waals surface area (Å²) in [5.41, 5.74) is 0.166. The molecule has 1 amide bonds. The molecule has 1 aromatic carbocycles. The highest BCUT2D eigenvalue weighted by molar-refractivity contribution is 5.69. The van der Waals surface area contributed by atoms with Crippen LogP contribution < -0.4 is 14.2 Å². The highest BCUT2D eigenvalue weighted by Crippen LogP contribution is 2.30. The van der Waals surface area contributed by atoms with Gasteiger partial charge in [0.1, 0.15) is 28.6 Å². The Morgan fingerprint density at radius 1 is 1.03 bits per heavy atom. The highest BCUT2D eigenvalue weighted by Gasteiger charge is 2.31. The summed E-state index contributed by atoms with van der Waals surface area (Å²) in [7, 11) is 3.17. The molecule has 2 aromatic rings. The zero-order valence-electron chi connectivity index (χ0n) is 18.6. The fraction of sp³-hybridized carbons (Fsp3) is 0.417. The first-order valence-corrected chi connectivity index (χ1v) is 10.1. The van der Waals surface area contributed by atoms with E-state index in [9.17, 15) is 4.79 Å². The van der Waals surface area contributed by atoms with Gasteiger partial charge < -0.3 is 18.9 Å². The molecule has 0 spiro atoms. The number of methoxy groups -OCH3 is 2. The third-order valence-electron chi connectivity index (χ3n) is 4.54. The molecule has 7 nitrogen and oxygen atoms in total. The zero-order chi connectivity index (χ0) is 22.4. The number of ether oxygens (including phenoxy) is 4. The predicted molar refractivity (Wildman–Crippen MR) is 117 cm³/mol. The number of carbonyl (C=O) groups is 1. The summed E-state index contributed by atoms with van der Waals surface area (Å²) >= 11 is 0. The first kappa shape index (κ1) is 22.3. The van der Waals surface area contributed by atoms with Gasteiger partial charge in [0.25, 0.3) is 0 Å². The van der Waals surface area contributed by atoms with Crippen molar-refractivity contribution in [2.75, 3.05) is 20.8 Å². The van der Waals surface area contributed by atoms with Gasteiger partial charge in [-0.1, -0.05) is 11.8 Å². The Kier molecular flexibility index (Phi) is 6.91. The van der Waals surface area contributed by atoms with Crippen LogP contribution in [0, 0.1) is 11.8 Å². The van der Waals surface area contributed by atoms with E-state index in [0.29, 0.717) is 35.1 Å². The Morgan fingerprint density at radius 3 is 2.35 bits per heavy atom. The van der Waals surface area contributed by atoms with Gasteiger partial charge in [0.05, 0.1) is 26.5 Å². The van der Waals surface area contributed by atoms with Gasteiger partial charge in [0.2, 0.25) is 0 Å². The van der Waals surface area contributed by atoms with Crippen LogP contribution in [-0.4, -0.2) is 48.4 Å². The number of amides is 1. The SMILES string of the molecule is COc1cc(OC)cc(Oc2cncc(C#C[C@@H]3CCCN3C(=O)OC(C)(C)C)c2)c1. The van der Waals surface area contributed by atoms with Crippen molar-refractivity contribution in [1.82, 2.24) is 9.88 Å². The van der Waals surface area contributed by atoms with E-state index in [0.717, 1.165) is 12.8 Å². The van der Waals surface area contributed by atoms with Gasteiger partial charge >= 0.3 is 6.09 Å². The van der Waals surface area contributed by atoms with Gasteiger partial charge in [0.15, 0.2) is 0 Å². The zero-order valence-corrected chi connectivity index (χ0v) is 18.6. The summed E-state index contributed by atoms with van der Waals surface area (Å²) in [6.45, 7) is 6.22. The molecule has 164 valence electrons. The number of rotatable bonds is 4. The first-order valence-electron chi connectivity index (χ1n) is 10.1. The summed E-state index contributed by atoms with van der Waals surface area (Å²) in [5.74, 6) is 8.65. The maximum absolute atomic E-state index is 12.4. The molecule has 0 N–H and O–H groups in total. The van der Waals surface area contributed by atoms with E-state index in [4.69, 9.17) is 18.9 Å². The quantitative estimate of drug-likeness (QED) is 0.666. The Morgan fingerprint density at radius 2 is 1.71 bits per heavy atom. The van der Waals surface area contributed by atoms with E-state index in [-0.39, 0.29) is 12.1 Å². The van der Waals surface area contributed by atoms with Gasteiger partial charge in [-0.25, -0.2) is 4.79 Å². The molecule has 0 saturated carbocycles. The lowest BCUT2D eigenvalue weighted by Crippen LogP contribution is -2.39. The van der Waals surface area contributed by atoms with Crippen LogP contribution in [0.1, 0.15) is 39.2 Å². The van der Waals surface area contributed by atoms with Crippen LogP contribution >= 0.6 is 0 Å². The van der Waals surface area contributed by atoms with Gasteiger partial charge in [-0.05, 0) is 39.7 Å². The van der Waals surface area contributed by atoms with Crippen molar-refractivity contribution in [3.05, 3.63) is 42.2 Å². The van der Waals surface area contributed by atoms with E-state index in [2.05, 4.69) is 16.8 Å². The molecule has 7 heteroatoms. The standard InChI is InChI=1S/C24H28N2O5/c1-24(2,3)31-23(27)26-10-6-7-18(26)9-8-17-11-22(16-25-15-17)30-21-13-19(28-4)12-20(14-21)29-5/h11-16,18H,6-7,10H2,1-5H3/t18-/m0/s1. The minimum atomic E-state index is -0.532. The summed E-state index contributed by atoms with van der Waals surface area (Å²) in [5, 5.41) is 0. The number of hydrogen-bond acceptors (Lipinski definition) is 6. The maximum atomic E-state index is 12.4. The number of carbonyl (C=O) groups excluding carboxylic acids is 1. The average molecular weight is 424 g/mol. The van der Waals surface area contributed by atoms with Crippen molar-refractivity contribution in [2.24, 2.45) is 0 Å². The van der Waals surface area contributed by atoms with Gasteiger partial charge in [0, 0.05) is 36.5 Å². The second-order valence-corrected chi connectivity index (χ2v) is 8.16. The molecule has 2 heterocycles. The second kappa shape index (κ2) is 9.61. The molecule has 1 atom stereocenters. The van der Waals surface area contributed by atoms with Crippen molar-refractivity contribution < 1.29 is 23.7 Å². The minimum absolute atomic E-state index is 0.179. The molecule has 0 unspecified atom stereocenters. The van der Waals surface area contributed by atoms with Crippen LogP contribution in [0.25, 0.3) is 0 Å². The molecular weight excluding hydrogens is 396 g/mol. The molecule has 1 aromatic heterocycles. The van der Waals surface area contributed by atoms with Crippen LogP contribution in [0.5, 0.6) is 23.0 Å². The lowest BCUT2D eigenvalue weighted by Gasteiger charge is -2.26. The van der Waals surface area contributed by atoms with Crippen LogP contribution in [0.2, 0.25) is 0 Å². The molecular formula is C24H28N2O5. The topological polar surface area (TPSA) is 70.1 Å². The fourth-order valence-electron chi connectivity index (χ4n) is 3.14. The molecule has 3 rings (SSSR count). The van der Waals surface area contributed by atoms with Crippen LogP contribution in [0.3, 0.4) is 0 Å². The highest BCUT2D eigenvalue weighted by atomic mass is 16.6. The lowest BCUT2D eigenvalue weighted by molar-refractivity contribution is 0.0261. The Bertz CT molecular complexity index is 965. The van der Waals surface area contributed by atoms with Gasteiger partial charge in [-0.2, -0.15) is 0 Å². The number of hydrogen-bond donors (Lipinski definition) is 0. The van der Waals surface area contributed by atoms with Crippen molar-refractivity contribution in [1.29, 1.82) is 0 Å². The summed E-state index contributed by atoms with van der Waals surface area (Å²) in [4.78, 5) is 18.3. The van der Waals surface area contributed by atoms with Crippen LogP contribution in [0.4, 0.5) is 4.79 Å². The third kappa shape index (κ3) is 6.29. The van der Waals surface area contributed by atoms with Crippen LogP contribution in [0.15, 0.2) is 36.7 Å². The number of aromatic nitrogens is 1. The Balaban J connectivity index is 1.73. The Labute approximate surface area is 183 Å². The van der Waals surface area contributed by atoms with Crippen molar-refractivity contribution >= 4 is 6.09 Å². The van der Waals surface area contributed by atoms with Crippen LogP contribution in [-0.2, 0) is 4.74 Å². The van der Waals surface area contributed by atoms with Crippen molar-refractivity contribution in [3.8, 4) is 34.8 Å². The number of benzene rings is 1. The number of likely N-dealkylation sites (tertiary alicyclic amines) is 1. The van der Waals surface area contributed by atoms with Gasteiger partial charge in [-0.15, -0.1) is 0 Å². The molecule has 1 fully saturated rings. The predicted octanol–water partition coefficient (Wildman–Crippen LogP) is 4.64. The summed E-state index contributed by atoms with van der Waals surface area (Å²) in [6, 6.07) is 6.92. The largest absolute Gasteiger partial charge is 0.496 e. The molecule has 0 radical (unpaired) electrons. The number of pyridine rings is 1. The average Bonchev–Trinajstić information content (AvgIpc) is 3.20. The van der Waals surface area contributed by atoms with Crippen molar-refractivity contribution in [3.63, 3.8) is 0 Å². The van der Waals surface area contributed by atoms with E-state index in [1.54, 1.807) is 55.8 Å². The molecule has 1 saturated heterocycles. The fourth-order valence-corrected chi connectivity index (χ4v) is 3.14. The van der Waals surface area contributed by atoms with E-state index < -0.39 is 5.60 Å². The number of nitrogens with zero attached hydrogens (tertiary/aromatic N) is 2. The van der Waals surface area contributed by atoms with Crippen molar-refractivity contribution in [2.45, 2.75) is 45.3 Å². The third-order valence-corrected chi connectivity index (χ3v) is 4.54. The summed E-state index contributed by atoms with van der Waals surface area (Å²) in [6.07, 6.45) is 4.67. The molecule has 0 bridgehead atoms. The summed E-state index contributed by atoms with van der Waals surface area (Å²) < 4.78 is 22.0. The first-order chi connectivity index (χ1) is 14.8. The van der Waals surface area contributed by atoms with Gasteiger partial charge in [-0.3, -0.25) is 9.88 Å². The molecule has 1 aliphatic heterocycles. The molecule has 0 aliphatic carbocycles. The lowest BCUT2D eigenvalue weighted by atomic mass is 10.2. The Hall–Kier alpha value is -3.40. The monoisotopic (exact) mass is 424 g/mol.